The first-order valence-electron chi connectivity index (χ1n) is 5.16. The molecule has 2 saturated heterocycles. The molecule has 0 radical (unpaired) electrons. The Morgan fingerprint density at radius 1 is 1.47 bits per heavy atom. The minimum Gasteiger partial charge on any atom is -0.468 e. The molecule has 0 aliphatic carbocycles. The van der Waals surface area contributed by atoms with Gasteiger partial charge in [-0.2, -0.15) is 0 Å². The van der Waals surface area contributed by atoms with E-state index in [1.54, 1.807) is 0 Å². The molecule has 2 rings (SSSR count). The molecule has 2 heterocycles. The van der Waals surface area contributed by atoms with E-state index >= 15 is 0 Å². The molecule has 0 N–H and O–H groups in total. The van der Waals surface area contributed by atoms with Crippen LogP contribution in [0.3, 0.4) is 0 Å². The molecular weight excluding hydrogens is 196 g/mol. The van der Waals surface area contributed by atoms with Gasteiger partial charge in [-0.15, -0.1) is 0 Å². The van der Waals surface area contributed by atoms with Gasteiger partial charge in [-0.05, 0) is 7.05 Å². The molecule has 0 saturated carbocycles. The van der Waals surface area contributed by atoms with E-state index in [2.05, 4.69) is 14.5 Å². The summed E-state index contributed by atoms with van der Waals surface area (Å²) in [6, 6.07) is 0.0173. The van der Waals surface area contributed by atoms with Gasteiger partial charge in [0.1, 0.15) is 5.92 Å². The van der Waals surface area contributed by atoms with Gasteiger partial charge in [-0.1, -0.05) is 0 Å². The number of hydrogen-bond donors (Lipinski definition) is 0. The normalized spacial score (nSPS) is 32.8. The van der Waals surface area contributed by atoms with Gasteiger partial charge >= 0.3 is 5.97 Å². The Kier molecular flexibility index (Phi) is 2.75. The quantitative estimate of drug-likeness (QED) is 0.411. The van der Waals surface area contributed by atoms with E-state index < -0.39 is 5.92 Å². The largest absolute Gasteiger partial charge is 0.468 e. The van der Waals surface area contributed by atoms with E-state index in [0.717, 1.165) is 19.6 Å². The molecule has 2 atom stereocenters. The second kappa shape index (κ2) is 3.90. The van der Waals surface area contributed by atoms with Gasteiger partial charge in [0.15, 0.2) is 5.78 Å². The predicted octanol–water partition coefficient (Wildman–Crippen LogP) is -1.03. The third-order valence-electron chi connectivity index (χ3n) is 3.28. The number of rotatable bonds is 1. The fraction of sp³-hybridized carbons (Fsp3) is 0.800. The Hall–Kier alpha value is -0.940. The number of ketones is 1. The summed E-state index contributed by atoms with van der Waals surface area (Å²) in [5.74, 6) is -0.956. The first-order valence-corrected chi connectivity index (χ1v) is 5.16. The lowest BCUT2D eigenvalue weighted by atomic mass is 9.98. The lowest BCUT2D eigenvalue weighted by Gasteiger charge is -2.36. The molecule has 2 fully saturated rings. The van der Waals surface area contributed by atoms with Crippen LogP contribution in [-0.4, -0.2) is 67.9 Å². The van der Waals surface area contributed by atoms with Crippen molar-refractivity contribution in [2.75, 3.05) is 40.3 Å². The Labute approximate surface area is 89.0 Å². The highest BCUT2D eigenvalue weighted by atomic mass is 16.5. The summed E-state index contributed by atoms with van der Waals surface area (Å²) in [7, 11) is 3.35. The zero-order chi connectivity index (χ0) is 11.0. The molecule has 0 aromatic rings. The average molecular weight is 212 g/mol. The Morgan fingerprint density at radius 3 is 2.87 bits per heavy atom. The van der Waals surface area contributed by atoms with Crippen LogP contribution in [0.2, 0.25) is 0 Å². The number of likely N-dealkylation sites (N-methyl/N-ethyl adjacent to an activating group) is 1. The number of nitrogens with zero attached hydrogens (tertiary/aromatic N) is 2. The van der Waals surface area contributed by atoms with Crippen LogP contribution in [0, 0.1) is 5.92 Å². The summed E-state index contributed by atoms with van der Waals surface area (Å²) in [6.45, 7) is 2.99. The van der Waals surface area contributed by atoms with Crippen molar-refractivity contribution in [3.63, 3.8) is 0 Å². The fourth-order valence-electron chi connectivity index (χ4n) is 2.43. The number of carbonyl (C=O) groups excluding carboxylic acids is 2. The molecule has 2 aliphatic rings. The molecule has 84 valence electrons. The van der Waals surface area contributed by atoms with Crippen molar-refractivity contribution in [2.45, 2.75) is 6.04 Å². The van der Waals surface area contributed by atoms with Gasteiger partial charge < -0.3 is 9.64 Å². The topological polar surface area (TPSA) is 49.9 Å². The number of esters is 1. The number of carbonyl (C=O) groups is 2. The second-order valence-corrected chi connectivity index (χ2v) is 4.27. The number of methoxy groups -OCH3 is 1. The van der Waals surface area contributed by atoms with Crippen LogP contribution in [0.4, 0.5) is 0 Å². The number of Topliss-reactive ketones (excluding diaryl/α,β-unsaturated/α-hetero) is 1. The zero-order valence-corrected chi connectivity index (χ0v) is 9.10. The minimum absolute atomic E-state index is 0.00199. The fourth-order valence-corrected chi connectivity index (χ4v) is 2.43. The van der Waals surface area contributed by atoms with Crippen LogP contribution < -0.4 is 0 Å². The number of hydrogen-bond acceptors (Lipinski definition) is 5. The van der Waals surface area contributed by atoms with Crippen molar-refractivity contribution in [1.82, 2.24) is 9.80 Å². The molecule has 2 unspecified atom stereocenters. The SMILES string of the molecule is COC(=O)C1C(=O)CN2CCN(C)CC12. The highest BCUT2D eigenvalue weighted by molar-refractivity contribution is 6.02. The van der Waals surface area contributed by atoms with E-state index in [4.69, 9.17) is 0 Å². The van der Waals surface area contributed by atoms with E-state index in [0.29, 0.717) is 6.54 Å². The number of fused-ring (bicyclic) bond motifs is 1. The molecule has 0 bridgehead atoms. The third kappa shape index (κ3) is 1.77. The van der Waals surface area contributed by atoms with Crippen LogP contribution >= 0.6 is 0 Å². The van der Waals surface area contributed by atoms with Crippen LogP contribution in [0.25, 0.3) is 0 Å². The summed E-state index contributed by atoms with van der Waals surface area (Å²) in [5, 5.41) is 0. The highest BCUT2D eigenvalue weighted by Gasteiger charge is 2.47. The predicted molar refractivity (Wildman–Crippen MR) is 53.4 cm³/mol. The summed E-state index contributed by atoms with van der Waals surface area (Å²) >= 11 is 0. The third-order valence-corrected chi connectivity index (χ3v) is 3.28. The van der Waals surface area contributed by atoms with E-state index in [-0.39, 0.29) is 17.8 Å². The van der Waals surface area contributed by atoms with Gasteiger partial charge in [0, 0.05) is 25.7 Å². The standard InChI is InChI=1S/C10H16N2O3/c1-11-3-4-12-6-8(13)9(7(12)5-11)10(14)15-2/h7,9H,3-6H2,1-2H3. The van der Waals surface area contributed by atoms with Gasteiger partial charge in [0.2, 0.25) is 0 Å². The first kappa shape index (κ1) is 10.6. The molecular formula is C10H16N2O3. The maximum Gasteiger partial charge on any atom is 0.317 e. The molecule has 0 amide bonds. The van der Waals surface area contributed by atoms with Crippen molar-refractivity contribution in [2.24, 2.45) is 5.92 Å². The lowest BCUT2D eigenvalue weighted by Crippen LogP contribution is -2.51. The summed E-state index contributed by atoms with van der Waals surface area (Å²) in [4.78, 5) is 27.4. The Balaban J connectivity index is 2.16. The van der Waals surface area contributed by atoms with Crippen molar-refractivity contribution in [1.29, 1.82) is 0 Å². The average Bonchev–Trinajstić information content (AvgIpc) is 2.52. The van der Waals surface area contributed by atoms with Crippen LogP contribution in [0.5, 0.6) is 0 Å². The molecule has 0 spiro atoms. The maximum atomic E-state index is 11.7. The van der Waals surface area contributed by atoms with Crippen molar-refractivity contribution < 1.29 is 14.3 Å². The first-order chi connectivity index (χ1) is 7.13. The summed E-state index contributed by atoms with van der Waals surface area (Å²) in [6.07, 6.45) is 0. The van der Waals surface area contributed by atoms with Gasteiger partial charge in [-0.3, -0.25) is 14.5 Å². The molecule has 0 aromatic heterocycles. The Morgan fingerprint density at radius 2 is 2.20 bits per heavy atom. The summed E-state index contributed by atoms with van der Waals surface area (Å²) in [5.41, 5.74) is 0. The lowest BCUT2D eigenvalue weighted by molar-refractivity contribution is -0.149. The maximum absolute atomic E-state index is 11.7. The van der Waals surface area contributed by atoms with Gasteiger partial charge in [0.05, 0.1) is 13.7 Å². The molecule has 0 aromatic carbocycles. The van der Waals surface area contributed by atoms with Crippen molar-refractivity contribution >= 4 is 11.8 Å². The second-order valence-electron chi connectivity index (χ2n) is 4.27. The van der Waals surface area contributed by atoms with E-state index in [1.165, 1.54) is 7.11 Å². The number of ether oxygens (including phenoxy) is 1. The van der Waals surface area contributed by atoms with E-state index in [9.17, 15) is 9.59 Å². The van der Waals surface area contributed by atoms with Crippen LogP contribution in [0.15, 0.2) is 0 Å². The van der Waals surface area contributed by atoms with Crippen LogP contribution in [-0.2, 0) is 14.3 Å². The van der Waals surface area contributed by atoms with Gasteiger partial charge in [-0.25, -0.2) is 0 Å². The Bertz CT molecular complexity index is 292. The van der Waals surface area contributed by atoms with Gasteiger partial charge in [0.25, 0.3) is 0 Å². The molecule has 15 heavy (non-hydrogen) atoms. The monoisotopic (exact) mass is 212 g/mol. The molecule has 5 nitrogen and oxygen atoms in total. The minimum atomic E-state index is -0.572. The molecule has 2 aliphatic heterocycles. The van der Waals surface area contributed by atoms with Crippen LogP contribution in [0.1, 0.15) is 0 Å². The zero-order valence-electron chi connectivity index (χ0n) is 9.10. The smallest absolute Gasteiger partial charge is 0.317 e. The summed E-state index contributed by atoms with van der Waals surface area (Å²) < 4.78 is 4.68. The molecule has 5 heteroatoms. The van der Waals surface area contributed by atoms with E-state index in [1.807, 2.05) is 7.05 Å². The number of piperazine rings is 1. The van der Waals surface area contributed by atoms with Crippen molar-refractivity contribution in [3.05, 3.63) is 0 Å². The van der Waals surface area contributed by atoms with Crippen molar-refractivity contribution in [3.8, 4) is 0 Å². The highest BCUT2D eigenvalue weighted by Crippen LogP contribution is 2.25.